The summed E-state index contributed by atoms with van der Waals surface area (Å²) in [6.07, 6.45) is 0. The number of hydrogen-bond donors (Lipinski definition) is 0. The Morgan fingerprint density at radius 3 is 2.43 bits per heavy atom. The zero-order chi connectivity index (χ0) is 10.5. The predicted molar refractivity (Wildman–Crippen MR) is 73.4 cm³/mol. The smallest absolute Gasteiger partial charge is 0.145 e. The summed E-state index contributed by atoms with van der Waals surface area (Å²) >= 11 is 4.61. The molecule has 0 aromatic carbocycles. The van der Waals surface area contributed by atoms with Gasteiger partial charge in [-0.25, -0.2) is 9.97 Å². The molecule has 0 N–H and O–H groups in total. The zero-order valence-electron chi connectivity index (χ0n) is 8.10. The molecule has 0 unspecified atom stereocenters. The normalized spacial score (nSPS) is 11.2. The molecule has 0 atom stereocenters. The fraction of sp³-hybridized carbons (Fsp3) is 0.333. The van der Waals surface area contributed by atoms with E-state index in [4.69, 9.17) is 0 Å². The number of nitrogens with zero attached hydrogens (tertiary/aromatic N) is 3. The SMILES string of the molecule is Cc1nc(I)c2c(C)c(I)n(C)c2n1. The number of aryl methyl sites for hydroxylation is 3. The van der Waals surface area contributed by atoms with Gasteiger partial charge in [0.25, 0.3) is 0 Å². The first-order valence-corrected chi connectivity index (χ1v) is 6.32. The molecular weight excluding hydrogens is 404 g/mol. The molecule has 2 aromatic rings. The predicted octanol–water partition coefficient (Wildman–Crippen LogP) is 2.79. The number of hydrogen-bond acceptors (Lipinski definition) is 2. The molecular formula is C9H9I2N3. The van der Waals surface area contributed by atoms with Crippen LogP contribution in [0.2, 0.25) is 0 Å². The van der Waals surface area contributed by atoms with E-state index in [2.05, 4.69) is 66.6 Å². The molecule has 0 saturated carbocycles. The summed E-state index contributed by atoms with van der Waals surface area (Å²) in [5.74, 6) is 0.832. The van der Waals surface area contributed by atoms with Crippen LogP contribution in [0.25, 0.3) is 11.0 Å². The largest absolute Gasteiger partial charge is 0.324 e. The first-order chi connectivity index (χ1) is 6.52. The molecule has 0 aliphatic carbocycles. The van der Waals surface area contributed by atoms with Crippen molar-refractivity contribution in [3.8, 4) is 0 Å². The Morgan fingerprint density at radius 1 is 1.14 bits per heavy atom. The fourth-order valence-electron chi connectivity index (χ4n) is 1.54. The summed E-state index contributed by atoms with van der Waals surface area (Å²) in [5.41, 5.74) is 2.30. The van der Waals surface area contributed by atoms with Crippen LogP contribution in [0.4, 0.5) is 0 Å². The van der Waals surface area contributed by atoms with Crippen molar-refractivity contribution in [1.82, 2.24) is 14.5 Å². The number of rotatable bonds is 0. The summed E-state index contributed by atoms with van der Waals surface area (Å²) in [5, 5.41) is 1.18. The maximum atomic E-state index is 4.46. The quantitative estimate of drug-likeness (QED) is 0.492. The van der Waals surface area contributed by atoms with E-state index < -0.39 is 0 Å². The molecule has 2 heterocycles. The van der Waals surface area contributed by atoms with Crippen molar-refractivity contribution in [2.24, 2.45) is 7.05 Å². The maximum Gasteiger partial charge on any atom is 0.145 e. The lowest BCUT2D eigenvalue weighted by Gasteiger charge is -1.99. The van der Waals surface area contributed by atoms with Crippen molar-refractivity contribution in [2.45, 2.75) is 13.8 Å². The minimum atomic E-state index is 0.832. The van der Waals surface area contributed by atoms with Crippen LogP contribution in [0, 0.1) is 21.2 Å². The van der Waals surface area contributed by atoms with Crippen LogP contribution in [0.15, 0.2) is 0 Å². The Balaban J connectivity index is 3.02. The average molecular weight is 413 g/mol. The van der Waals surface area contributed by atoms with Crippen LogP contribution in [-0.2, 0) is 7.05 Å². The van der Waals surface area contributed by atoms with Gasteiger partial charge in [-0.2, -0.15) is 0 Å². The van der Waals surface area contributed by atoms with Gasteiger partial charge < -0.3 is 4.57 Å². The van der Waals surface area contributed by atoms with Gasteiger partial charge >= 0.3 is 0 Å². The Bertz CT molecular complexity index is 516. The zero-order valence-corrected chi connectivity index (χ0v) is 12.4. The van der Waals surface area contributed by atoms with E-state index in [9.17, 15) is 0 Å². The first kappa shape index (κ1) is 10.6. The molecule has 0 amide bonds. The molecule has 0 aliphatic rings. The van der Waals surface area contributed by atoms with Crippen LogP contribution in [-0.4, -0.2) is 14.5 Å². The summed E-state index contributed by atoms with van der Waals surface area (Å²) < 4.78 is 4.39. The minimum absolute atomic E-state index is 0.832. The van der Waals surface area contributed by atoms with Crippen molar-refractivity contribution in [3.63, 3.8) is 0 Å². The molecule has 0 aliphatic heterocycles. The molecule has 74 valence electrons. The lowest BCUT2D eigenvalue weighted by molar-refractivity contribution is 0.901. The summed E-state index contributed by atoms with van der Waals surface area (Å²) in [4.78, 5) is 8.84. The van der Waals surface area contributed by atoms with E-state index in [1.165, 1.54) is 14.7 Å². The van der Waals surface area contributed by atoms with Gasteiger partial charge in [-0.15, -0.1) is 0 Å². The summed E-state index contributed by atoms with van der Waals surface area (Å²) in [6, 6.07) is 0. The lowest BCUT2D eigenvalue weighted by Crippen LogP contribution is -1.96. The van der Waals surface area contributed by atoms with Gasteiger partial charge in [-0.1, -0.05) is 0 Å². The van der Waals surface area contributed by atoms with Gasteiger partial charge in [0, 0.05) is 7.05 Å². The molecule has 2 aromatic heterocycles. The van der Waals surface area contributed by atoms with Crippen molar-refractivity contribution in [3.05, 3.63) is 18.8 Å². The Hall–Kier alpha value is 0.0800. The fourth-order valence-corrected chi connectivity index (χ4v) is 3.03. The van der Waals surface area contributed by atoms with Crippen LogP contribution >= 0.6 is 45.2 Å². The van der Waals surface area contributed by atoms with E-state index in [1.54, 1.807) is 0 Å². The van der Waals surface area contributed by atoms with Gasteiger partial charge in [-0.3, -0.25) is 0 Å². The first-order valence-electron chi connectivity index (χ1n) is 4.17. The second kappa shape index (κ2) is 3.58. The van der Waals surface area contributed by atoms with E-state index >= 15 is 0 Å². The van der Waals surface area contributed by atoms with Crippen LogP contribution < -0.4 is 0 Å². The minimum Gasteiger partial charge on any atom is -0.324 e. The van der Waals surface area contributed by atoms with E-state index in [0.717, 1.165) is 15.2 Å². The second-order valence-corrected chi connectivity index (χ2v) is 5.28. The Kier molecular flexibility index (Phi) is 2.71. The standard InChI is InChI=1S/C9H9I2N3/c1-4-6-7(10)12-5(2)13-9(6)14(3)8(4)11/h1-3H3. The molecule has 0 radical (unpaired) electrons. The van der Waals surface area contributed by atoms with Gasteiger partial charge in [0.05, 0.1) is 9.09 Å². The maximum absolute atomic E-state index is 4.46. The average Bonchev–Trinajstić information content (AvgIpc) is 2.31. The number of aromatic nitrogens is 3. The van der Waals surface area contributed by atoms with Gasteiger partial charge in [0.15, 0.2) is 0 Å². The Labute approximate surface area is 110 Å². The van der Waals surface area contributed by atoms with Crippen LogP contribution in [0.3, 0.4) is 0 Å². The molecule has 2 rings (SSSR count). The van der Waals surface area contributed by atoms with E-state index in [-0.39, 0.29) is 0 Å². The highest BCUT2D eigenvalue weighted by Gasteiger charge is 2.14. The Morgan fingerprint density at radius 2 is 1.79 bits per heavy atom. The third-order valence-corrected chi connectivity index (χ3v) is 4.57. The monoisotopic (exact) mass is 413 g/mol. The second-order valence-electron chi connectivity index (χ2n) is 3.24. The molecule has 14 heavy (non-hydrogen) atoms. The van der Waals surface area contributed by atoms with Gasteiger partial charge in [0.2, 0.25) is 0 Å². The summed E-state index contributed by atoms with van der Waals surface area (Å²) in [7, 11) is 2.04. The molecule has 0 bridgehead atoms. The number of fused-ring (bicyclic) bond motifs is 1. The third kappa shape index (κ3) is 1.44. The van der Waals surface area contributed by atoms with Crippen molar-refractivity contribution >= 4 is 56.2 Å². The highest BCUT2D eigenvalue weighted by molar-refractivity contribution is 14.1. The molecule has 0 fully saturated rings. The van der Waals surface area contributed by atoms with Crippen molar-refractivity contribution in [2.75, 3.05) is 0 Å². The topological polar surface area (TPSA) is 30.7 Å². The third-order valence-electron chi connectivity index (χ3n) is 2.25. The van der Waals surface area contributed by atoms with E-state index in [0.29, 0.717) is 0 Å². The van der Waals surface area contributed by atoms with Crippen molar-refractivity contribution in [1.29, 1.82) is 0 Å². The highest BCUT2D eigenvalue weighted by Crippen LogP contribution is 2.27. The highest BCUT2D eigenvalue weighted by atomic mass is 127. The van der Waals surface area contributed by atoms with Crippen molar-refractivity contribution < 1.29 is 0 Å². The van der Waals surface area contributed by atoms with E-state index in [1.807, 2.05) is 14.0 Å². The van der Waals surface area contributed by atoms with Crippen LogP contribution in [0.5, 0.6) is 0 Å². The summed E-state index contributed by atoms with van der Waals surface area (Å²) in [6.45, 7) is 4.04. The van der Waals surface area contributed by atoms with Gasteiger partial charge in [0.1, 0.15) is 15.2 Å². The lowest BCUT2D eigenvalue weighted by atomic mass is 10.3. The molecule has 5 heteroatoms. The molecule has 3 nitrogen and oxygen atoms in total. The molecule has 0 spiro atoms. The van der Waals surface area contributed by atoms with Gasteiger partial charge in [-0.05, 0) is 64.6 Å². The van der Waals surface area contributed by atoms with Crippen LogP contribution in [0.1, 0.15) is 11.4 Å². The molecule has 0 saturated heterocycles. The number of halogens is 2.